The van der Waals surface area contributed by atoms with Gasteiger partial charge in [-0.25, -0.2) is 9.97 Å². The molecule has 0 bridgehead atoms. The lowest BCUT2D eigenvalue weighted by atomic mass is 10.1. The predicted octanol–water partition coefficient (Wildman–Crippen LogP) is 3.71. The van der Waals surface area contributed by atoms with E-state index in [2.05, 4.69) is 23.8 Å². The monoisotopic (exact) mass is 388 g/mol. The molecule has 154 valence electrons. The number of aromatic nitrogens is 3. The van der Waals surface area contributed by atoms with E-state index in [9.17, 15) is 9.59 Å². The van der Waals surface area contributed by atoms with Crippen LogP contribution in [0.15, 0.2) is 12.3 Å². The molecule has 2 aromatic rings. The molecule has 0 aliphatic carbocycles. The highest BCUT2D eigenvalue weighted by Gasteiger charge is 2.24. The minimum absolute atomic E-state index is 0.00169. The molecule has 0 saturated heterocycles. The van der Waals surface area contributed by atoms with Crippen LogP contribution < -0.4 is 4.74 Å². The number of Topliss-reactive ketones (excluding diaryl/α,β-unsaturated/α-hetero) is 1. The summed E-state index contributed by atoms with van der Waals surface area (Å²) in [4.78, 5) is 36.4. The molecule has 7 heteroatoms. The van der Waals surface area contributed by atoms with E-state index in [0.717, 1.165) is 38.8 Å². The molecule has 0 aliphatic heterocycles. The summed E-state index contributed by atoms with van der Waals surface area (Å²) in [5.41, 5.74) is 1.09. The average Bonchev–Trinajstić information content (AvgIpc) is 3.04. The molecular formula is C21H32N4O3. The Kier molecular flexibility index (Phi) is 7.96. The molecule has 0 unspecified atom stereocenters. The van der Waals surface area contributed by atoms with Crippen LogP contribution in [0.2, 0.25) is 0 Å². The van der Waals surface area contributed by atoms with Crippen LogP contribution in [-0.4, -0.2) is 51.3 Å². The number of carbonyl (C=O) groups is 2. The van der Waals surface area contributed by atoms with E-state index in [1.54, 1.807) is 23.9 Å². The fraction of sp³-hybridized carbons (Fsp3) is 0.619. The third-order valence-electron chi connectivity index (χ3n) is 4.77. The highest BCUT2D eigenvalue weighted by atomic mass is 16.5. The topological polar surface area (TPSA) is 77.3 Å². The van der Waals surface area contributed by atoms with E-state index >= 15 is 0 Å². The molecule has 0 atom stereocenters. The van der Waals surface area contributed by atoms with Crippen molar-refractivity contribution in [3.05, 3.63) is 18.1 Å². The van der Waals surface area contributed by atoms with Gasteiger partial charge in [-0.15, -0.1) is 0 Å². The summed E-state index contributed by atoms with van der Waals surface area (Å²) in [6.45, 7) is 9.43. The van der Waals surface area contributed by atoms with Gasteiger partial charge in [-0.2, -0.15) is 0 Å². The van der Waals surface area contributed by atoms with Crippen LogP contribution in [0.5, 0.6) is 5.75 Å². The third kappa shape index (κ3) is 5.09. The lowest BCUT2D eigenvalue weighted by Gasteiger charge is -2.23. The largest absolute Gasteiger partial charge is 0.495 e. The van der Waals surface area contributed by atoms with Crippen LogP contribution in [0, 0.1) is 5.92 Å². The third-order valence-corrected chi connectivity index (χ3v) is 4.77. The second-order valence-electron chi connectivity index (χ2n) is 7.35. The summed E-state index contributed by atoms with van der Waals surface area (Å²) >= 11 is 0. The Labute approximate surface area is 167 Å². The number of ether oxygens (including phenoxy) is 1. The SMILES string of the molecule is CCCCN(CCCC)C(=O)Cn1c(C(=O)C(C)C)nc2ncc(OC)cc21. The van der Waals surface area contributed by atoms with Gasteiger partial charge in [-0.05, 0) is 12.8 Å². The lowest BCUT2D eigenvalue weighted by Crippen LogP contribution is -2.36. The molecule has 0 saturated carbocycles. The molecule has 28 heavy (non-hydrogen) atoms. The van der Waals surface area contributed by atoms with E-state index in [1.807, 2.05) is 18.7 Å². The van der Waals surface area contributed by atoms with Gasteiger partial charge in [0.05, 0.1) is 18.8 Å². The summed E-state index contributed by atoms with van der Waals surface area (Å²) in [5, 5.41) is 0. The van der Waals surface area contributed by atoms with Crippen molar-refractivity contribution in [2.45, 2.75) is 59.9 Å². The van der Waals surface area contributed by atoms with Crippen LogP contribution in [0.4, 0.5) is 0 Å². The number of methoxy groups -OCH3 is 1. The van der Waals surface area contributed by atoms with Crippen LogP contribution >= 0.6 is 0 Å². The van der Waals surface area contributed by atoms with Gasteiger partial charge in [0.25, 0.3) is 0 Å². The second kappa shape index (κ2) is 10.2. The molecule has 0 N–H and O–H groups in total. The summed E-state index contributed by atoms with van der Waals surface area (Å²) in [6, 6.07) is 1.78. The van der Waals surface area contributed by atoms with Gasteiger partial charge in [-0.1, -0.05) is 40.5 Å². The molecule has 0 aromatic carbocycles. The van der Waals surface area contributed by atoms with E-state index < -0.39 is 0 Å². The zero-order chi connectivity index (χ0) is 20.7. The Balaban J connectivity index is 2.42. The first-order valence-corrected chi connectivity index (χ1v) is 10.1. The Bertz CT molecular complexity index is 805. The fourth-order valence-electron chi connectivity index (χ4n) is 3.00. The Morgan fingerprint density at radius 3 is 2.36 bits per heavy atom. The molecule has 2 rings (SSSR count). The van der Waals surface area contributed by atoms with Gasteiger partial charge in [0.15, 0.2) is 11.5 Å². The Hall–Kier alpha value is -2.44. The van der Waals surface area contributed by atoms with Gasteiger partial charge in [0, 0.05) is 25.1 Å². The first-order valence-electron chi connectivity index (χ1n) is 10.1. The van der Waals surface area contributed by atoms with Crippen molar-refractivity contribution in [1.82, 2.24) is 19.4 Å². The van der Waals surface area contributed by atoms with Crippen molar-refractivity contribution in [3.8, 4) is 5.75 Å². The van der Waals surface area contributed by atoms with Crippen LogP contribution in [0.1, 0.15) is 64.0 Å². The van der Waals surface area contributed by atoms with E-state index in [4.69, 9.17) is 4.74 Å². The van der Waals surface area contributed by atoms with Crippen molar-refractivity contribution in [3.63, 3.8) is 0 Å². The molecule has 0 spiro atoms. The predicted molar refractivity (Wildman–Crippen MR) is 110 cm³/mol. The van der Waals surface area contributed by atoms with E-state index in [-0.39, 0.29) is 30.0 Å². The number of unbranched alkanes of at least 4 members (excludes halogenated alkanes) is 2. The van der Waals surface area contributed by atoms with Crippen LogP contribution in [-0.2, 0) is 11.3 Å². The normalized spacial score (nSPS) is 11.2. The molecule has 1 amide bonds. The van der Waals surface area contributed by atoms with Crippen LogP contribution in [0.25, 0.3) is 11.2 Å². The summed E-state index contributed by atoms with van der Waals surface area (Å²) in [5.74, 6) is 0.535. The zero-order valence-electron chi connectivity index (χ0n) is 17.7. The molecule has 7 nitrogen and oxygen atoms in total. The van der Waals surface area contributed by atoms with E-state index in [0.29, 0.717) is 16.9 Å². The standard InChI is InChI=1S/C21H32N4O3/c1-6-8-10-24(11-9-7-2)18(26)14-25-17-12-16(28-5)13-22-20(17)23-21(25)19(27)15(3)4/h12-13,15H,6-11,14H2,1-5H3. The maximum absolute atomic E-state index is 13.1. The minimum Gasteiger partial charge on any atom is -0.495 e. The number of imidazole rings is 1. The number of carbonyl (C=O) groups excluding carboxylic acids is 2. The van der Waals surface area contributed by atoms with E-state index in [1.165, 1.54) is 0 Å². The Morgan fingerprint density at radius 1 is 1.18 bits per heavy atom. The fourth-order valence-corrected chi connectivity index (χ4v) is 3.00. The number of ketones is 1. The summed E-state index contributed by atoms with van der Waals surface area (Å²) in [7, 11) is 1.56. The number of hydrogen-bond donors (Lipinski definition) is 0. The highest BCUT2D eigenvalue weighted by Crippen LogP contribution is 2.22. The smallest absolute Gasteiger partial charge is 0.242 e. The first kappa shape index (κ1) is 21.9. The van der Waals surface area contributed by atoms with Crippen molar-refractivity contribution < 1.29 is 14.3 Å². The zero-order valence-corrected chi connectivity index (χ0v) is 17.7. The molecule has 0 fully saturated rings. The van der Waals surface area contributed by atoms with Crippen LogP contribution in [0.3, 0.4) is 0 Å². The average molecular weight is 389 g/mol. The van der Waals surface area contributed by atoms with Crippen molar-refractivity contribution in [2.75, 3.05) is 20.2 Å². The number of pyridine rings is 1. The molecular weight excluding hydrogens is 356 g/mol. The number of fused-ring (bicyclic) bond motifs is 1. The first-order chi connectivity index (χ1) is 13.4. The molecule has 0 aliphatic rings. The molecule has 2 aromatic heterocycles. The summed E-state index contributed by atoms with van der Waals surface area (Å²) in [6.07, 6.45) is 5.56. The molecule has 2 heterocycles. The maximum atomic E-state index is 13.1. The van der Waals surface area contributed by atoms with Crippen molar-refractivity contribution in [1.29, 1.82) is 0 Å². The van der Waals surface area contributed by atoms with Gasteiger partial charge in [-0.3, -0.25) is 9.59 Å². The quantitative estimate of drug-likeness (QED) is 0.549. The second-order valence-corrected chi connectivity index (χ2v) is 7.35. The van der Waals surface area contributed by atoms with Gasteiger partial charge < -0.3 is 14.2 Å². The lowest BCUT2D eigenvalue weighted by molar-refractivity contribution is -0.132. The minimum atomic E-state index is -0.219. The van der Waals surface area contributed by atoms with Gasteiger partial charge >= 0.3 is 0 Å². The van der Waals surface area contributed by atoms with Crippen molar-refractivity contribution in [2.24, 2.45) is 5.92 Å². The maximum Gasteiger partial charge on any atom is 0.242 e. The number of hydrogen-bond acceptors (Lipinski definition) is 5. The number of nitrogens with zero attached hydrogens (tertiary/aromatic N) is 4. The molecule has 0 radical (unpaired) electrons. The number of amides is 1. The Morgan fingerprint density at radius 2 is 1.82 bits per heavy atom. The van der Waals surface area contributed by atoms with Gasteiger partial charge in [0.1, 0.15) is 12.3 Å². The summed E-state index contributed by atoms with van der Waals surface area (Å²) < 4.78 is 6.96. The highest BCUT2D eigenvalue weighted by molar-refractivity contribution is 5.97. The number of rotatable bonds is 11. The van der Waals surface area contributed by atoms with Crippen molar-refractivity contribution >= 4 is 22.9 Å². The van der Waals surface area contributed by atoms with Gasteiger partial charge in [0.2, 0.25) is 11.7 Å².